The molecule has 0 saturated carbocycles. The zero-order valence-corrected chi connectivity index (χ0v) is 17.8. The highest BCUT2D eigenvalue weighted by Crippen LogP contribution is 2.33. The largest absolute Gasteiger partial charge is 0.416 e. The summed E-state index contributed by atoms with van der Waals surface area (Å²) in [6.07, 6.45) is -5.79. The van der Waals surface area contributed by atoms with E-state index in [0.29, 0.717) is 17.8 Å². The molecule has 0 saturated heterocycles. The number of nitrogen functional groups attached to an aromatic ring is 1. The molecule has 35 heavy (non-hydrogen) atoms. The number of fused-ring (bicyclic) bond motifs is 1. The molecule has 0 fully saturated rings. The fourth-order valence-corrected chi connectivity index (χ4v) is 3.55. The quantitative estimate of drug-likeness (QED) is 0.361. The van der Waals surface area contributed by atoms with Crippen LogP contribution in [0.25, 0.3) is 16.8 Å². The van der Waals surface area contributed by atoms with Gasteiger partial charge in [-0.3, -0.25) is 9.20 Å². The third kappa shape index (κ3) is 4.52. The standard InChI is InChI=1S/C23H18F5N5O2/c1-10-9-30-21(29)19-18(31-11(2)33(10)19)16-4-3-15(8-17(16)25)32-22(35)20(34)12-5-13(23(26,27)28)7-14(24)6-12/h3-9,20,34H,1-2H3,(H2,29,30)(H,32,35)/t20-/m0/s1/i2D3. The van der Waals surface area contributed by atoms with E-state index < -0.39 is 47.8 Å². The van der Waals surface area contributed by atoms with Crippen molar-refractivity contribution in [2.45, 2.75) is 26.1 Å². The average Bonchev–Trinajstić information content (AvgIpc) is 3.22. The Bertz CT molecular complexity index is 1570. The Morgan fingerprint density at radius 1 is 1.23 bits per heavy atom. The summed E-state index contributed by atoms with van der Waals surface area (Å²) in [5.74, 6) is -4.02. The molecule has 4 aromatic rings. The number of nitrogens with one attached hydrogen (secondary N) is 1. The SMILES string of the molecule is [2H]C([2H])([2H])c1nc(-c2ccc(NC(=O)[C@@H](O)c3cc(F)cc(C(F)(F)F)c3)cc2F)c2c(N)ncc(C)n12. The molecule has 0 aliphatic rings. The van der Waals surface area contributed by atoms with Crippen molar-refractivity contribution >= 4 is 22.9 Å². The number of imidazole rings is 1. The molecule has 2 heterocycles. The Labute approximate surface area is 199 Å². The van der Waals surface area contributed by atoms with Crippen molar-refractivity contribution in [1.29, 1.82) is 0 Å². The topological polar surface area (TPSA) is 106 Å². The zero-order valence-electron chi connectivity index (χ0n) is 20.8. The fourth-order valence-electron chi connectivity index (χ4n) is 3.55. The molecule has 0 aliphatic carbocycles. The number of aliphatic hydroxyl groups excluding tert-OH is 1. The highest BCUT2D eigenvalue weighted by atomic mass is 19.4. The van der Waals surface area contributed by atoms with Crippen LogP contribution in [0, 0.1) is 25.4 Å². The molecule has 0 aliphatic heterocycles. The Morgan fingerprint density at radius 2 is 1.97 bits per heavy atom. The zero-order chi connectivity index (χ0) is 28.2. The van der Waals surface area contributed by atoms with Gasteiger partial charge in [-0.15, -0.1) is 0 Å². The lowest BCUT2D eigenvalue weighted by molar-refractivity contribution is -0.138. The van der Waals surface area contributed by atoms with E-state index in [4.69, 9.17) is 9.85 Å². The fraction of sp³-hybridized carbons (Fsp3) is 0.174. The van der Waals surface area contributed by atoms with E-state index in [1.54, 1.807) is 6.92 Å². The van der Waals surface area contributed by atoms with Crippen molar-refractivity contribution < 1.29 is 36.0 Å². The lowest BCUT2D eigenvalue weighted by Crippen LogP contribution is -2.21. The molecule has 12 heteroatoms. The van der Waals surface area contributed by atoms with Gasteiger partial charge in [-0.05, 0) is 55.7 Å². The third-order valence-corrected chi connectivity index (χ3v) is 5.17. The van der Waals surface area contributed by atoms with Crippen LogP contribution in [0.15, 0.2) is 42.6 Å². The van der Waals surface area contributed by atoms with E-state index in [0.717, 1.165) is 12.1 Å². The number of carbonyl (C=O) groups is 1. The lowest BCUT2D eigenvalue weighted by atomic mass is 10.0. The van der Waals surface area contributed by atoms with Crippen LogP contribution in [-0.2, 0) is 11.0 Å². The van der Waals surface area contributed by atoms with Crippen LogP contribution < -0.4 is 11.1 Å². The number of amides is 1. The van der Waals surface area contributed by atoms with Gasteiger partial charge in [-0.1, -0.05) is 0 Å². The normalized spacial score (nSPS) is 14.3. The summed E-state index contributed by atoms with van der Waals surface area (Å²) in [7, 11) is 0. The number of nitrogens with two attached hydrogens (primary N) is 1. The highest BCUT2D eigenvalue weighted by molar-refractivity contribution is 5.95. The smallest absolute Gasteiger partial charge is 0.382 e. The predicted octanol–water partition coefficient (Wildman–Crippen LogP) is 4.56. The number of aromatic nitrogens is 3. The van der Waals surface area contributed by atoms with Crippen LogP contribution in [-0.4, -0.2) is 25.4 Å². The summed E-state index contributed by atoms with van der Waals surface area (Å²) in [6.45, 7) is -1.11. The van der Waals surface area contributed by atoms with Gasteiger partial charge in [-0.25, -0.2) is 18.7 Å². The maximum Gasteiger partial charge on any atom is 0.416 e. The molecule has 0 bridgehead atoms. The number of alkyl halides is 3. The van der Waals surface area contributed by atoms with Gasteiger partial charge >= 0.3 is 6.18 Å². The number of hydrogen-bond donors (Lipinski definition) is 3. The van der Waals surface area contributed by atoms with Gasteiger partial charge in [0.05, 0.1) is 5.56 Å². The highest BCUT2D eigenvalue weighted by Gasteiger charge is 2.32. The van der Waals surface area contributed by atoms with Gasteiger partial charge in [-0.2, -0.15) is 13.2 Å². The van der Waals surface area contributed by atoms with Gasteiger partial charge in [0.25, 0.3) is 5.91 Å². The summed E-state index contributed by atoms with van der Waals surface area (Å²) in [5, 5.41) is 12.3. The van der Waals surface area contributed by atoms with Gasteiger partial charge in [0.2, 0.25) is 0 Å². The molecule has 1 atom stereocenters. The van der Waals surface area contributed by atoms with Crippen molar-refractivity contribution in [1.82, 2.24) is 14.4 Å². The first kappa shape index (κ1) is 20.3. The third-order valence-electron chi connectivity index (χ3n) is 5.17. The van der Waals surface area contributed by atoms with Crippen LogP contribution in [0.3, 0.4) is 0 Å². The summed E-state index contributed by atoms with van der Waals surface area (Å²) in [6, 6.07) is 4.37. The first-order valence-electron chi connectivity index (χ1n) is 11.4. The second-order valence-corrected chi connectivity index (χ2v) is 7.61. The van der Waals surface area contributed by atoms with Crippen molar-refractivity contribution in [2.75, 3.05) is 11.1 Å². The maximum atomic E-state index is 15.2. The number of carbonyl (C=O) groups excluding carboxylic acids is 1. The van der Waals surface area contributed by atoms with Gasteiger partial charge in [0.1, 0.15) is 34.5 Å². The Hall–Kier alpha value is -4.06. The number of anilines is 2. The first-order chi connectivity index (χ1) is 17.6. The molecular formula is C23H18F5N5O2. The molecule has 0 spiro atoms. The van der Waals surface area contributed by atoms with Crippen molar-refractivity contribution in [3.05, 3.63) is 76.9 Å². The summed E-state index contributed by atoms with van der Waals surface area (Å²) in [4.78, 5) is 20.5. The van der Waals surface area contributed by atoms with Crippen molar-refractivity contribution in [2.24, 2.45) is 0 Å². The maximum absolute atomic E-state index is 15.2. The van der Waals surface area contributed by atoms with Crippen LogP contribution in [0.1, 0.15) is 32.9 Å². The number of halogens is 5. The molecular weight excluding hydrogens is 473 g/mol. The number of aryl methyl sites for hydroxylation is 2. The number of rotatable bonds is 4. The number of aliphatic hydroxyl groups is 1. The second-order valence-electron chi connectivity index (χ2n) is 7.61. The van der Waals surface area contributed by atoms with Crippen LogP contribution >= 0.6 is 0 Å². The van der Waals surface area contributed by atoms with E-state index in [2.05, 4.69) is 15.3 Å². The van der Waals surface area contributed by atoms with E-state index in [-0.39, 0.29) is 40.2 Å². The predicted molar refractivity (Wildman–Crippen MR) is 117 cm³/mol. The molecule has 2 aromatic heterocycles. The van der Waals surface area contributed by atoms with Gasteiger partial charge in [0, 0.05) is 27.3 Å². The molecule has 2 aromatic carbocycles. The molecule has 1 amide bonds. The molecule has 4 N–H and O–H groups in total. The molecule has 182 valence electrons. The molecule has 0 unspecified atom stereocenters. The first-order valence-corrected chi connectivity index (χ1v) is 9.88. The summed E-state index contributed by atoms with van der Waals surface area (Å²) in [5.41, 5.74) is 3.80. The minimum absolute atomic E-state index is 0.0498. The van der Waals surface area contributed by atoms with Crippen LogP contribution in [0.5, 0.6) is 0 Å². The minimum atomic E-state index is -4.92. The minimum Gasteiger partial charge on any atom is -0.382 e. The summed E-state index contributed by atoms with van der Waals surface area (Å²) < 4.78 is 92.2. The van der Waals surface area contributed by atoms with Crippen molar-refractivity contribution in [3.63, 3.8) is 0 Å². The molecule has 4 rings (SSSR count). The molecule has 0 radical (unpaired) electrons. The van der Waals surface area contributed by atoms with Crippen molar-refractivity contribution in [3.8, 4) is 11.3 Å². The average molecular weight is 494 g/mol. The Morgan fingerprint density at radius 3 is 2.63 bits per heavy atom. The van der Waals surface area contributed by atoms with E-state index in [1.807, 2.05) is 0 Å². The van der Waals surface area contributed by atoms with Crippen LogP contribution in [0.4, 0.5) is 33.5 Å². The van der Waals surface area contributed by atoms with Crippen LogP contribution in [0.2, 0.25) is 0 Å². The number of benzene rings is 2. The summed E-state index contributed by atoms with van der Waals surface area (Å²) >= 11 is 0. The molecule has 7 nitrogen and oxygen atoms in total. The van der Waals surface area contributed by atoms with Gasteiger partial charge in [0.15, 0.2) is 6.10 Å². The Kier molecular flexibility index (Phi) is 5.00. The van der Waals surface area contributed by atoms with E-state index in [9.17, 15) is 27.5 Å². The lowest BCUT2D eigenvalue weighted by Gasteiger charge is -2.15. The van der Waals surface area contributed by atoms with E-state index in [1.165, 1.54) is 16.7 Å². The number of hydrogen-bond acceptors (Lipinski definition) is 5. The van der Waals surface area contributed by atoms with Gasteiger partial charge < -0.3 is 16.2 Å². The van der Waals surface area contributed by atoms with E-state index >= 15 is 4.39 Å². The monoisotopic (exact) mass is 494 g/mol. The second kappa shape index (κ2) is 8.62. The Balaban J connectivity index is 1.68. The number of nitrogens with zero attached hydrogens (tertiary/aromatic N) is 3.